The Morgan fingerprint density at radius 1 is 1.41 bits per heavy atom. The molecule has 0 amide bonds. The average molecular weight is 229 g/mol. The number of rotatable bonds is 4. The van der Waals surface area contributed by atoms with Crippen molar-refractivity contribution in [3.8, 4) is 0 Å². The fourth-order valence-electron chi connectivity index (χ4n) is 2.02. The molecule has 1 heterocycles. The molecule has 2 rings (SSSR count). The van der Waals surface area contributed by atoms with Gasteiger partial charge in [0.15, 0.2) is 0 Å². The molecule has 0 aliphatic heterocycles. The number of hydrogen-bond acceptors (Lipinski definition) is 2. The molecule has 1 N–H and O–H groups in total. The molecule has 88 valence electrons. The summed E-state index contributed by atoms with van der Waals surface area (Å²) in [5.41, 5.74) is 1.69. The smallest absolute Gasteiger partial charge is 0.310 e. The van der Waals surface area contributed by atoms with Crippen molar-refractivity contribution in [1.82, 2.24) is 4.98 Å². The molecule has 0 radical (unpaired) electrons. The quantitative estimate of drug-likeness (QED) is 0.875. The Balaban J connectivity index is 2.43. The zero-order valence-corrected chi connectivity index (χ0v) is 9.76. The van der Waals surface area contributed by atoms with Crippen LogP contribution >= 0.6 is 0 Å². The molecule has 1 unspecified atom stereocenters. The summed E-state index contributed by atoms with van der Waals surface area (Å²) in [7, 11) is 0. The van der Waals surface area contributed by atoms with Crippen molar-refractivity contribution in [2.75, 3.05) is 0 Å². The van der Waals surface area contributed by atoms with Crippen molar-refractivity contribution in [3.05, 3.63) is 42.1 Å². The maximum Gasteiger partial charge on any atom is 0.310 e. The first-order chi connectivity index (χ1) is 8.22. The molecule has 0 fully saturated rings. The second-order valence-corrected chi connectivity index (χ2v) is 4.14. The summed E-state index contributed by atoms with van der Waals surface area (Å²) >= 11 is 0. The molecular formula is C14H15NO2. The van der Waals surface area contributed by atoms with Crippen LogP contribution in [0.3, 0.4) is 0 Å². The molecular weight excluding hydrogens is 214 g/mol. The summed E-state index contributed by atoms with van der Waals surface area (Å²) in [4.78, 5) is 15.5. The highest BCUT2D eigenvalue weighted by Gasteiger charge is 2.18. The molecule has 0 aliphatic carbocycles. The standard InChI is InChI=1S/C14H15NO2/c1-2-4-12(14(16)17)11-7-6-10-5-3-8-15-13(10)9-11/h3,5-9,12H,2,4H2,1H3,(H,16,17). The minimum Gasteiger partial charge on any atom is -0.481 e. The van der Waals surface area contributed by atoms with Gasteiger partial charge in [0.1, 0.15) is 0 Å². The van der Waals surface area contributed by atoms with Crippen LogP contribution in [0.4, 0.5) is 0 Å². The maximum atomic E-state index is 11.2. The molecule has 3 heteroatoms. The molecule has 1 aromatic heterocycles. The highest BCUT2D eigenvalue weighted by molar-refractivity contribution is 5.82. The highest BCUT2D eigenvalue weighted by Crippen LogP contribution is 2.24. The molecule has 1 atom stereocenters. The van der Waals surface area contributed by atoms with Crippen LogP contribution in [0.25, 0.3) is 10.9 Å². The van der Waals surface area contributed by atoms with Crippen LogP contribution < -0.4 is 0 Å². The average Bonchev–Trinajstić information content (AvgIpc) is 2.35. The highest BCUT2D eigenvalue weighted by atomic mass is 16.4. The Hall–Kier alpha value is -1.90. The zero-order chi connectivity index (χ0) is 12.3. The third kappa shape index (κ3) is 2.44. The van der Waals surface area contributed by atoms with Crippen molar-refractivity contribution in [3.63, 3.8) is 0 Å². The number of nitrogens with zero attached hydrogens (tertiary/aromatic N) is 1. The molecule has 0 saturated heterocycles. The lowest BCUT2D eigenvalue weighted by atomic mass is 9.94. The van der Waals surface area contributed by atoms with Crippen LogP contribution in [0.15, 0.2) is 36.5 Å². The van der Waals surface area contributed by atoms with Gasteiger partial charge >= 0.3 is 5.97 Å². The van der Waals surface area contributed by atoms with Gasteiger partial charge in [0.05, 0.1) is 11.4 Å². The van der Waals surface area contributed by atoms with E-state index in [0.29, 0.717) is 6.42 Å². The Labute approximate surface area is 100 Å². The van der Waals surface area contributed by atoms with Crippen molar-refractivity contribution < 1.29 is 9.90 Å². The molecule has 2 aromatic rings. The van der Waals surface area contributed by atoms with Crippen molar-refractivity contribution >= 4 is 16.9 Å². The van der Waals surface area contributed by atoms with Crippen LogP contribution in [-0.2, 0) is 4.79 Å². The fraction of sp³-hybridized carbons (Fsp3) is 0.286. The SMILES string of the molecule is CCCC(C(=O)O)c1ccc2cccnc2c1. The lowest BCUT2D eigenvalue weighted by Crippen LogP contribution is -2.11. The predicted octanol–water partition coefficient (Wildman–Crippen LogP) is 3.20. The zero-order valence-electron chi connectivity index (χ0n) is 9.76. The molecule has 0 aliphatic rings. The van der Waals surface area contributed by atoms with E-state index in [0.717, 1.165) is 22.9 Å². The van der Waals surface area contributed by atoms with Gasteiger partial charge in [-0.15, -0.1) is 0 Å². The first-order valence-corrected chi connectivity index (χ1v) is 5.80. The van der Waals surface area contributed by atoms with Crippen LogP contribution in [0.1, 0.15) is 31.2 Å². The Morgan fingerprint density at radius 3 is 2.94 bits per heavy atom. The van der Waals surface area contributed by atoms with Gasteiger partial charge in [0.2, 0.25) is 0 Å². The van der Waals surface area contributed by atoms with Gasteiger partial charge in [-0.25, -0.2) is 0 Å². The molecule has 1 aromatic carbocycles. The number of aromatic nitrogens is 1. The van der Waals surface area contributed by atoms with E-state index in [1.165, 1.54) is 0 Å². The van der Waals surface area contributed by atoms with Crippen molar-refractivity contribution in [2.24, 2.45) is 0 Å². The summed E-state index contributed by atoms with van der Waals surface area (Å²) in [6.45, 7) is 2.00. The van der Waals surface area contributed by atoms with E-state index in [9.17, 15) is 9.90 Å². The van der Waals surface area contributed by atoms with Gasteiger partial charge in [-0.05, 0) is 24.1 Å². The van der Waals surface area contributed by atoms with Crippen LogP contribution in [0.5, 0.6) is 0 Å². The van der Waals surface area contributed by atoms with E-state index >= 15 is 0 Å². The van der Waals surface area contributed by atoms with Gasteiger partial charge in [-0.2, -0.15) is 0 Å². The van der Waals surface area contributed by atoms with E-state index in [2.05, 4.69) is 4.98 Å². The van der Waals surface area contributed by atoms with Crippen LogP contribution in [-0.4, -0.2) is 16.1 Å². The Kier molecular flexibility index (Phi) is 3.38. The molecule has 3 nitrogen and oxygen atoms in total. The first-order valence-electron chi connectivity index (χ1n) is 5.80. The van der Waals surface area contributed by atoms with Gasteiger partial charge < -0.3 is 5.11 Å². The van der Waals surface area contributed by atoms with Gasteiger partial charge in [-0.1, -0.05) is 31.5 Å². The number of aliphatic carboxylic acids is 1. The maximum absolute atomic E-state index is 11.2. The normalized spacial score (nSPS) is 12.5. The number of pyridine rings is 1. The topological polar surface area (TPSA) is 50.2 Å². The van der Waals surface area contributed by atoms with Crippen molar-refractivity contribution in [2.45, 2.75) is 25.7 Å². The van der Waals surface area contributed by atoms with E-state index in [1.54, 1.807) is 6.20 Å². The third-order valence-electron chi connectivity index (χ3n) is 2.91. The summed E-state index contributed by atoms with van der Waals surface area (Å²) in [6.07, 6.45) is 3.24. The number of hydrogen-bond donors (Lipinski definition) is 1. The largest absolute Gasteiger partial charge is 0.481 e. The number of fused-ring (bicyclic) bond motifs is 1. The van der Waals surface area contributed by atoms with E-state index in [-0.39, 0.29) is 0 Å². The first kappa shape index (κ1) is 11.6. The van der Waals surface area contributed by atoms with E-state index in [1.807, 2.05) is 37.3 Å². The second-order valence-electron chi connectivity index (χ2n) is 4.14. The summed E-state index contributed by atoms with van der Waals surface area (Å²) in [5.74, 6) is -1.19. The third-order valence-corrected chi connectivity index (χ3v) is 2.91. The summed E-state index contributed by atoms with van der Waals surface area (Å²) in [5, 5.41) is 10.2. The summed E-state index contributed by atoms with van der Waals surface area (Å²) in [6, 6.07) is 9.55. The molecule has 0 bridgehead atoms. The second kappa shape index (κ2) is 4.95. The monoisotopic (exact) mass is 229 g/mol. The summed E-state index contributed by atoms with van der Waals surface area (Å²) < 4.78 is 0. The number of carboxylic acids is 1. The fourth-order valence-corrected chi connectivity index (χ4v) is 2.02. The van der Waals surface area contributed by atoms with Crippen molar-refractivity contribution in [1.29, 1.82) is 0 Å². The lowest BCUT2D eigenvalue weighted by Gasteiger charge is -2.11. The molecule has 0 spiro atoms. The number of carboxylic acid groups (broad SMARTS) is 1. The number of carbonyl (C=O) groups is 1. The van der Waals surface area contributed by atoms with Crippen LogP contribution in [0, 0.1) is 0 Å². The minimum absolute atomic E-state index is 0.425. The predicted molar refractivity (Wildman–Crippen MR) is 67.0 cm³/mol. The van der Waals surface area contributed by atoms with Gasteiger partial charge in [0, 0.05) is 11.6 Å². The Bertz CT molecular complexity index is 536. The molecule has 0 saturated carbocycles. The van der Waals surface area contributed by atoms with E-state index < -0.39 is 11.9 Å². The van der Waals surface area contributed by atoms with E-state index in [4.69, 9.17) is 0 Å². The molecule has 17 heavy (non-hydrogen) atoms. The van der Waals surface area contributed by atoms with Gasteiger partial charge in [-0.3, -0.25) is 9.78 Å². The van der Waals surface area contributed by atoms with Gasteiger partial charge in [0.25, 0.3) is 0 Å². The number of benzene rings is 1. The van der Waals surface area contributed by atoms with Crippen LogP contribution in [0.2, 0.25) is 0 Å². The Morgan fingerprint density at radius 2 is 2.24 bits per heavy atom. The minimum atomic E-state index is -0.762. The lowest BCUT2D eigenvalue weighted by molar-refractivity contribution is -0.139.